The first kappa shape index (κ1) is 19.4. The Morgan fingerprint density at radius 2 is 1.75 bits per heavy atom. The molecule has 1 aliphatic heterocycles. The average Bonchev–Trinajstić information content (AvgIpc) is 2.98. The third-order valence-electron chi connectivity index (χ3n) is 3.43. The summed E-state index contributed by atoms with van der Waals surface area (Å²) < 4.78 is 0. The van der Waals surface area contributed by atoms with E-state index in [1.807, 2.05) is 0 Å². The van der Waals surface area contributed by atoms with Crippen molar-refractivity contribution in [1.29, 1.82) is 0 Å². The van der Waals surface area contributed by atoms with Gasteiger partial charge in [0.25, 0.3) is 0 Å². The molecule has 0 aliphatic carbocycles. The van der Waals surface area contributed by atoms with Crippen LogP contribution < -0.4 is 16.4 Å². The maximum Gasteiger partial charge on any atom is 0.322 e. The fourth-order valence-electron chi connectivity index (χ4n) is 2.29. The molecule has 6 N–H and O–H groups in total. The topological polar surface area (TPSA) is 179 Å². The van der Waals surface area contributed by atoms with Gasteiger partial charge in [-0.15, -0.1) is 0 Å². The Labute approximate surface area is 137 Å². The molecule has 1 aliphatic rings. The lowest BCUT2D eigenvalue weighted by Crippen LogP contribution is -2.51. The van der Waals surface area contributed by atoms with Crippen LogP contribution in [0.25, 0.3) is 0 Å². The van der Waals surface area contributed by atoms with E-state index in [9.17, 15) is 24.0 Å². The Morgan fingerprint density at radius 3 is 2.33 bits per heavy atom. The Balaban J connectivity index is 2.50. The van der Waals surface area contributed by atoms with E-state index >= 15 is 0 Å². The minimum Gasteiger partial charge on any atom is -0.481 e. The summed E-state index contributed by atoms with van der Waals surface area (Å²) in [5.41, 5.74) is 5.36. The van der Waals surface area contributed by atoms with E-state index in [1.54, 1.807) is 0 Å². The molecule has 0 aromatic rings. The van der Waals surface area contributed by atoms with Crippen LogP contribution in [0, 0.1) is 0 Å². The number of carboxylic acid groups (broad SMARTS) is 2. The molecule has 0 aromatic heterocycles. The van der Waals surface area contributed by atoms with Gasteiger partial charge in [0.2, 0.25) is 17.7 Å². The Hall–Kier alpha value is -2.69. The summed E-state index contributed by atoms with van der Waals surface area (Å²) >= 11 is 0. The molecule has 1 fully saturated rings. The van der Waals surface area contributed by atoms with Crippen molar-refractivity contribution < 1.29 is 34.2 Å². The first-order valence-electron chi connectivity index (χ1n) is 7.26. The number of nitrogens with one attached hydrogen (secondary N) is 2. The van der Waals surface area contributed by atoms with Gasteiger partial charge < -0.3 is 31.5 Å². The van der Waals surface area contributed by atoms with Crippen LogP contribution in [0.15, 0.2) is 0 Å². The molecule has 0 radical (unpaired) electrons. The highest BCUT2D eigenvalue weighted by Gasteiger charge is 2.34. The fourth-order valence-corrected chi connectivity index (χ4v) is 2.29. The summed E-state index contributed by atoms with van der Waals surface area (Å²) in [6, 6.07) is -2.06. The zero-order valence-corrected chi connectivity index (χ0v) is 12.9. The first-order valence-corrected chi connectivity index (χ1v) is 7.26. The van der Waals surface area contributed by atoms with Gasteiger partial charge in [0, 0.05) is 6.54 Å². The smallest absolute Gasteiger partial charge is 0.322 e. The van der Waals surface area contributed by atoms with Crippen molar-refractivity contribution in [3.8, 4) is 0 Å². The van der Waals surface area contributed by atoms with Crippen LogP contribution in [0.4, 0.5) is 0 Å². The lowest BCUT2D eigenvalue weighted by molar-refractivity contribution is -0.141. The van der Waals surface area contributed by atoms with Gasteiger partial charge in [-0.3, -0.25) is 24.0 Å². The summed E-state index contributed by atoms with van der Waals surface area (Å²) in [6.45, 7) is -0.659. The number of amides is 3. The normalized spacial score (nSPS) is 17.9. The van der Waals surface area contributed by atoms with Gasteiger partial charge >= 0.3 is 11.9 Å². The highest BCUT2D eigenvalue weighted by molar-refractivity contribution is 5.93. The number of carboxylic acids is 2. The van der Waals surface area contributed by atoms with Crippen molar-refractivity contribution in [2.75, 3.05) is 19.6 Å². The van der Waals surface area contributed by atoms with Crippen molar-refractivity contribution in [2.45, 2.75) is 31.3 Å². The van der Waals surface area contributed by atoms with E-state index in [4.69, 9.17) is 15.9 Å². The van der Waals surface area contributed by atoms with Crippen LogP contribution in [0.5, 0.6) is 0 Å². The van der Waals surface area contributed by atoms with Crippen molar-refractivity contribution in [1.82, 2.24) is 15.5 Å². The van der Waals surface area contributed by atoms with Crippen molar-refractivity contribution in [3.63, 3.8) is 0 Å². The molecular formula is C13H20N4O7. The largest absolute Gasteiger partial charge is 0.481 e. The summed E-state index contributed by atoms with van der Waals surface area (Å²) in [4.78, 5) is 57.7. The molecule has 11 heteroatoms. The molecule has 1 heterocycles. The predicted molar refractivity (Wildman–Crippen MR) is 78.6 cm³/mol. The van der Waals surface area contributed by atoms with Gasteiger partial charge in [-0.2, -0.15) is 0 Å². The van der Waals surface area contributed by atoms with Gasteiger partial charge in [-0.25, -0.2) is 0 Å². The Bertz CT molecular complexity index is 536. The van der Waals surface area contributed by atoms with Crippen LogP contribution in [0.1, 0.15) is 19.3 Å². The number of aliphatic carboxylic acids is 2. The second-order valence-electron chi connectivity index (χ2n) is 5.28. The molecule has 0 saturated carbocycles. The predicted octanol–water partition coefficient (Wildman–Crippen LogP) is -2.90. The maximum absolute atomic E-state index is 12.1. The number of hydrogen-bond acceptors (Lipinski definition) is 6. The van der Waals surface area contributed by atoms with E-state index in [0.29, 0.717) is 19.4 Å². The minimum absolute atomic E-state index is 0.307. The Morgan fingerprint density at radius 1 is 1.08 bits per heavy atom. The van der Waals surface area contributed by atoms with Crippen LogP contribution in [0.2, 0.25) is 0 Å². The quantitative estimate of drug-likeness (QED) is 0.311. The number of likely N-dealkylation sites (tertiary alicyclic amines) is 1. The van der Waals surface area contributed by atoms with E-state index in [-0.39, 0.29) is 0 Å². The highest BCUT2D eigenvalue weighted by Crippen LogP contribution is 2.17. The van der Waals surface area contributed by atoms with Crippen LogP contribution >= 0.6 is 0 Å². The van der Waals surface area contributed by atoms with Gasteiger partial charge in [0.1, 0.15) is 12.6 Å². The molecule has 1 rings (SSSR count). The maximum atomic E-state index is 12.1. The molecule has 3 amide bonds. The monoisotopic (exact) mass is 344 g/mol. The third kappa shape index (κ3) is 5.83. The zero-order chi connectivity index (χ0) is 18.3. The summed E-state index contributed by atoms with van der Waals surface area (Å²) in [6.07, 6.45) is 0.400. The van der Waals surface area contributed by atoms with E-state index in [0.717, 1.165) is 0 Å². The van der Waals surface area contributed by atoms with Crippen LogP contribution in [0.3, 0.4) is 0 Å². The molecule has 1 saturated heterocycles. The summed E-state index contributed by atoms with van der Waals surface area (Å²) in [5.74, 6) is -4.31. The zero-order valence-electron chi connectivity index (χ0n) is 12.9. The standard InChI is InChI=1S/C13H20N4O7/c14-7(4-10(19)20)12(23)15-5-9(18)17-3-1-2-8(17)13(24)16-6-11(21)22/h7-8H,1-6,14H2,(H,15,23)(H,16,24)(H,19,20)(H,21,22). The van der Waals surface area contributed by atoms with Crippen molar-refractivity contribution in [2.24, 2.45) is 5.73 Å². The molecule has 2 atom stereocenters. The molecule has 0 aromatic carbocycles. The Kier molecular flexibility index (Phi) is 7.11. The first-order chi connectivity index (χ1) is 11.2. The number of hydrogen-bond donors (Lipinski definition) is 5. The number of carbonyl (C=O) groups is 5. The fraction of sp³-hybridized carbons (Fsp3) is 0.615. The SMILES string of the molecule is NC(CC(=O)O)C(=O)NCC(=O)N1CCCC1C(=O)NCC(=O)O. The van der Waals surface area contributed by atoms with Crippen LogP contribution in [-0.4, -0.2) is 76.5 Å². The van der Waals surface area contributed by atoms with Gasteiger partial charge in [0.05, 0.1) is 19.0 Å². The number of nitrogens with two attached hydrogens (primary N) is 1. The summed E-state index contributed by atoms with van der Waals surface area (Å²) in [5, 5.41) is 21.5. The van der Waals surface area contributed by atoms with E-state index < -0.39 is 61.3 Å². The molecule has 134 valence electrons. The second kappa shape index (κ2) is 8.82. The second-order valence-corrected chi connectivity index (χ2v) is 5.28. The van der Waals surface area contributed by atoms with Gasteiger partial charge in [0.15, 0.2) is 0 Å². The molecule has 0 bridgehead atoms. The molecule has 24 heavy (non-hydrogen) atoms. The van der Waals surface area contributed by atoms with E-state index in [2.05, 4.69) is 10.6 Å². The number of carbonyl (C=O) groups excluding carboxylic acids is 3. The van der Waals surface area contributed by atoms with E-state index in [1.165, 1.54) is 4.90 Å². The number of nitrogens with zero attached hydrogens (tertiary/aromatic N) is 1. The molecular weight excluding hydrogens is 324 g/mol. The third-order valence-corrected chi connectivity index (χ3v) is 3.43. The van der Waals surface area contributed by atoms with Crippen molar-refractivity contribution >= 4 is 29.7 Å². The van der Waals surface area contributed by atoms with Gasteiger partial charge in [-0.1, -0.05) is 0 Å². The highest BCUT2D eigenvalue weighted by atomic mass is 16.4. The molecule has 11 nitrogen and oxygen atoms in total. The van der Waals surface area contributed by atoms with Crippen LogP contribution in [-0.2, 0) is 24.0 Å². The lowest BCUT2D eigenvalue weighted by Gasteiger charge is -2.24. The average molecular weight is 344 g/mol. The summed E-state index contributed by atoms with van der Waals surface area (Å²) in [7, 11) is 0. The molecule has 2 unspecified atom stereocenters. The van der Waals surface area contributed by atoms with Gasteiger partial charge in [-0.05, 0) is 12.8 Å². The van der Waals surface area contributed by atoms with Crippen molar-refractivity contribution in [3.05, 3.63) is 0 Å². The minimum atomic E-state index is -1.27. The molecule has 0 spiro atoms. The number of rotatable bonds is 8. The lowest BCUT2D eigenvalue weighted by atomic mass is 10.2.